The van der Waals surface area contributed by atoms with E-state index >= 15 is 0 Å². The van der Waals surface area contributed by atoms with Gasteiger partial charge in [0.15, 0.2) is 0 Å². The first-order chi connectivity index (χ1) is 14.2. The molecule has 0 bridgehead atoms. The molecule has 3 fully saturated rings. The molecule has 3 aliphatic heterocycles. The van der Waals surface area contributed by atoms with Gasteiger partial charge in [0.25, 0.3) is 0 Å². The van der Waals surface area contributed by atoms with Crippen molar-refractivity contribution >= 4 is 11.8 Å². The molecule has 29 heavy (non-hydrogen) atoms. The van der Waals surface area contributed by atoms with Gasteiger partial charge in [0.1, 0.15) is 5.75 Å². The second kappa shape index (κ2) is 9.16. The first kappa shape index (κ1) is 20.2. The lowest BCUT2D eigenvalue weighted by Gasteiger charge is -2.30. The molecule has 3 saturated heterocycles. The predicted molar refractivity (Wildman–Crippen MR) is 110 cm³/mol. The topological polar surface area (TPSA) is 59.1 Å². The van der Waals surface area contributed by atoms with Crippen molar-refractivity contribution < 1.29 is 19.1 Å². The van der Waals surface area contributed by atoms with Gasteiger partial charge in [-0.05, 0) is 37.7 Å². The molecule has 1 aromatic carbocycles. The van der Waals surface area contributed by atoms with E-state index in [4.69, 9.17) is 9.47 Å². The molecular weight excluding hydrogens is 368 g/mol. The SMILES string of the molecule is COc1ccccc1CC(=O)N1CCCC[C@H]2CN(C(=O)CC3CCCO3)C[C@H]21. The highest BCUT2D eigenvalue weighted by Gasteiger charge is 2.41. The molecule has 6 heteroatoms. The number of nitrogens with zero attached hydrogens (tertiary/aromatic N) is 2. The summed E-state index contributed by atoms with van der Waals surface area (Å²) in [5, 5.41) is 0. The molecule has 2 amide bonds. The number of hydrogen-bond acceptors (Lipinski definition) is 4. The van der Waals surface area contributed by atoms with Crippen LogP contribution in [0.25, 0.3) is 0 Å². The van der Waals surface area contributed by atoms with Crippen molar-refractivity contribution in [3.63, 3.8) is 0 Å². The van der Waals surface area contributed by atoms with Crippen LogP contribution in [0.3, 0.4) is 0 Å². The molecule has 3 heterocycles. The maximum Gasteiger partial charge on any atom is 0.227 e. The predicted octanol–water partition coefficient (Wildman–Crippen LogP) is 2.65. The van der Waals surface area contributed by atoms with Crippen LogP contribution >= 0.6 is 0 Å². The quantitative estimate of drug-likeness (QED) is 0.762. The van der Waals surface area contributed by atoms with Crippen molar-refractivity contribution in [2.24, 2.45) is 5.92 Å². The molecule has 3 aliphatic rings. The number of carbonyl (C=O) groups is 2. The molecule has 3 atom stereocenters. The van der Waals surface area contributed by atoms with E-state index in [2.05, 4.69) is 0 Å². The second-order valence-corrected chi connectivity index (χ2v) is 8.54. The van der Waals surface area contributed by atoms with Crippen molar-refractivity contribution in [3.8, 4) is 5.75 Å². The largest absolute Gasteiger partial charge is 0.496 e. The van der Waals surface area contributed by atoms with E-state index in [1.165, 1.54) is 0 Å². The van der Waals surface area contributed by atoms with Gasteiger partial charge in [-0.2, -0.15) is 0 Å². The van der Waals surface area contributed by atoms with Crippen LogP contribution in [0.1, 0.15) is 44.1 Å². The monoisotopic (exact) mass is 400 g/mol. The van der Waals surface area contributed by atoms with Crippen molar-refractivity contribution in [1.29, 1.82) is 0 Å². The molecule has 4 rings (SSSR count). The Labute approximate surface area is 173 Å². The zero-order valence-electron chi connectivity index (χ0n) is 17.3. The Kier molecular flexibility index (Phi) is 6.38. The van der Waals surface area contributed by atoms with Gasteiger partial charge in [-0.15, -0.1) is 0 Å². The van der Waals surface area contributed by atoms with Crippen molar-refractivity contribution in [1.82, 2.24) is 9.80 Å². The molecule has 0 radical (unpaired) electrons. The van der Waals surface area contributed by atoms with Gasteiger partial charge >= 0.3 is 0 Å². The molecule has 6 nitrogen and oxygen atoms in total. The number of ether oxygens (including phenoxy) is 2. The van der Waals surface area contributed by atoms with Gasteiger partial charge in [-0.1, -0.05) is 24.6 Å². The van der Waals surface area contributed by atoms with E-state index in [1.807, 2.05) is 34.1 Å². The third-order valence-corrected chi connectivity index (χ3v) is 6.66. The lowest BCUT2D eigenvalue weighted by atomic mass is 9.98. The van der Waals surface area contributed by atoms with E-state index in [-0.39, 0.29) is 24.0 Å². The normalized spacial score (nSPS) is 26.9. The summed E-state index contributed by atoms with van der Waals surface area (Å²) in [6.07, 6.45) is 6.18. The molecule has 0 aromatic heterocycles. The van der Waals surface area contributed by atoms with Gasteiger partial charge in [0.05, 0.1) is 32.1 Å². The average molecular weight is 401 g/mol. The Balaban J connectivity index is 1.43. The number of fused-ring (bicyclic) bond motifs is 1. The zero-order valence-corrected chi connectivity index (χ0v) is 17.3. The Morgan fingerprint density at radius 1 is 1.10 bits per heavy atom. The number of methoxy groups -OCH3 is 1. The van der Waals surface area contributed by atoms with Gasteiger partial charge < -0.3 is 19.3 Å². The van der Waals surface area contributed by atoms with Crippen LogP contribution < -0.4 is 4.74 Å². The van der Waals surface area contributed by atoms with Crippen LogP contribution in [0.4, 0.5) is 0 Å². The lowest BCUT2D eigenvalue weighted by Crippen LogP contribution is -2.45. The highest BCUT2D eigenvalue weighted by atomic mass is 16.5. The molecular formula is C23H32N2O4. The fraction of sp³-hybridized carbons (Fsp3) is 0.652. The summed E-state index contributed by atoms with van der Waals surface area (Å²) >= 11 is 0. The summed E-state index contributed by atoms with van der Waals surface area (Å²) < 4.78 is 11.1. The van der Waals surface area contributed by atoms with E-state index in [1.54, 1.807) is 7.11 Å². The van der Waals surface area contributed by atoms with Gasteiger partial charge in [0, 0.05) is 31.8 Å². The molecule has 1 aromatic rings. The van der Waals surface area contributed by atoms with Crippen molar-refractivity contribution in [3.05, 3.63) is 29.8 Å². The van der Waals surface area contributed by atoms with Gasteiger partial charge in [0.2, 0.25) is 11.8 Å². The molecule has 1 unspecified atom stereocenters. The van der Waals surface area contributed by atoms with Crippen LogP contribution in [0.2, 0.25) is 0 Å². The summed E-state index contributed by atoms with van der Waals surface area (Å²) in [5.74, 6) is 1.46. The highest BCUT2D eigenvalue weighted by Crippen LogP contribution is 2.32. The van der Waals surface area contributed by atoms with Crippen LogP contribution in [0.5, 0.6) is 5.75 Å². The number of para-hydroxylation sites is 1. The van der Waals surface area contributed by atoms with Gasteiger partial charge in [-0.25, -0.2) is 0 Å². The highest BCUT2D eigenvalue weighted by molar-refractivity contribution is 5.81. The van der Waals surface area contributed by atoms with Crippen molar-refractivity contribution in [2.75, 3.05) is 33.4 Å². The second-order valence-electron chi connectivity index (χ2n) is 8.54. The van der Waals surface area contributed by atoms with Crippen LogP contribution in [0.15, 0.2) is 24.3 Å². The Hall–Kier alpha value is -2.08. The summed E-state index contributed by atoms with van der Waals surface area (Å²) in [7, 11) is 1.64. The summed E-state index contributed by atoms with van der Waals surface area (Å²) in [6.45, 7) is 2.99. The number of rotatable bonds is 5. The number of carbonyl (C=O) groups excluding carboxylic acids is 2. The molecule has 0 spiro atoms. The van der Waals surface area contributed by atoms with E-state index in [0.717, 1.165) is 63.1 Å². The number of amides is 2. The van der Waals surface area contributed by atoms with Gasteiger partial charge in [-0.3, -0.25) is 9.59 Å². The maximum absolute atomic E-state index is 13.2. The van der Waals surface area contributed by atoms with E-state index < -0.39 is 0 Å². The Morgan fingerprint density at radius 2 is 1.97 bits per heavy atom. The summed E-state index contributed by atoms with van der Waals surface area (Å²) in [4.78, 5) is 30.1. The molecule has 0 aliphatic carbocycles. The van der Waals surface area contributed by atoms with Crippen LogP contribution in [0, 0.1) is 5.92 Å². The van der Waals surface area contributed by atoms with E-state index in [0.29, 0.717) is 25.3 Å². The van der Waals surface area contributed by atoms with Crippen LogP contribution in [-0.2, 0) is 20.7 Å². The smallest absolute Gasteiger partial charge is 0.227 e. The number of benzene rings is 1. The minimum Gasteiger partial charge on any atom is -0.496 e. The zero-order chi connectivity index (χ0) is 20.2. The van der Waals surface area contributed by atoms with Crippen molar-refractivity contribution in [2.45, 2.75) is 57.1 Å². The fourth-order valence-electron chi connectivity index (χ4n) is 5.10. The average Bonchev–Trinajstić information content (AvgIpc) is 3.34. The third-order valence-electron chi connectivity index (χ3n) is 6.66. The summed E-state index contributed by atoms with van der Waals surface area (Å²) in [5.41, 5.74) is 0.921. The molecule has 158 valence electrons. The Morgan fingerprint density at radius 3 is 2.76 bits per heavy atom. The maximum atomic E-state index is 13.2. The minimum absolute atomic E-state index is 0.0798. The first-order valence-corrected chi connectivity index (χ1v) is 11.0. The van der Waals surface area contributed by atoms with E-state index in [9.17, 15) is 9.59 Å². The number of likely N-dealkylation sites (tertiary alicyclic amines) is 2. The standard InChI is InChI=1S/C23H32N2O4/c1-28-21-10-3-2-7-17(21)13-23(27)25-11-5-4-8-18-15-24(16-20(18)25)22(26)14-19-9-6-12-29-19/h2-3,7,10,18-20H,4-6,8-9,11-16H2,1H3/t18-,19?,20+/m0/s1. The fourth-order valence-corrected chi connectivity index (χ4v) is 5.10. The molecule has 0 N–H and O–H groups in total. The Bertz CT molecular complexity index is 731. The molecule has 0 saturated carbocycles. The summed E-state index contributed by atoms with van der Waals surface area (Å²) in [6, 6.07) is 7.85. The third kappa shape index (κ3) is 4.58. The first-order valence-electron chi connectivity index (χ1n) is 11.0. The van der Waals surface area contributed by atoms with Crippen LogP contribution in [-0.4, -0.2) is 67.1 Å². The number of hydrogen-bond donors (Lipinski definition) is 0. The minimum atomic E-state index is 0.0798. The lowest BCUT2D eigenvalue weighted by molar-refractivity contribution is -0.135.